The SMILES string of the molecule is CC(C)(CNC(=O)OCC1c2ccccc2-c2ccccc21)CC(=O)N[C@@H]1CCCC[C@@H]1C(=O)O. The van der Waals surface area contributed by atoms with E-state index in [1.54, 1.807) is 0 Å². The molecule has 7 heteroatoms. The van der Waals surface area contributed by atoms with Crippen LogP contribution in [0.3, 0.4) is 0 Å². The first-order valence-electron chi connectivity index (χ1n) is 12.4. The number of alkyl carbamates (subject to hydrolysis) is 1. The topological polar surface area (TPSA) is 105 Å². The Bertz CT molecular complexity index is 1050. The number of hydrogen-bond acceptors (Lipinski definition) is 4. The molecule has 7 nitrogen and oxygen atoms in total. The molecule has 0 saturated heterocycles. The van der Waals surface area contributed by atoms with Crippen LogP contribution in [0.25, 0.3) is 11.1 Å². The first-order valence-corrected chi connectivity index (χ1v) is 12.4. The maximum Gasteiger partial charge on any atom is 0.407 e. The Hall–Kier alpha value is -3.35. The van der Waals surface area contributed by atoms with Crippen LogP contribution in [0.4, 0.5) is 4.79 Å². The molecule has 1 saturated carbocycles. The van der Waals surface area contributed by atoms with E-state index in [0.29, 0.717) is 12.8 Å². The fraction of sp³-hybridized carbons (Fsp3) is 0.464. The van der Waals surface area contributed by atoms with Gasteiger partial charge in [0.15, 0.2) is 0 Å². The number of aliphatic carboxylic acids is 1. The third-order valence-electron chi connectivity index (χ3n) is 7.12. The fourth-order valence-electron chi connectivity index (χ4n) is 5.32. The van der Waals surface area contributed by atoms with Crippen molar-refractivity contribution in [2.75, 3.05) is 13.2 Å². The zero-order valence-corrected chi connectivity index (χ0v) is 20.4. The standard InChI is InChI=1S/C28H34N2O5/c1-28(2,15-25(31)30-24-14-8-7-13-22(24)26(32)33)17-29-27(34)35-16-23-20-11-5-3-9-18(20)19-10-4-6-12-21(19)23/h3-6,9-12,22-24H,7-8,13-17H2,1-2H3,(H,29,34)(H,30,31)(H,32,33)/t22-,24+/m0/s1. The van der Waals surface area contributed by atoms with Gasteiger partial charge in [0.2, 0.25) is 5.91 Å². The second-order valence-corrected chi connectivity index (χ2v) is 10.4. The van der Waals surface area contributed by atoms with Crippen molar-refractivity contribution in [2.24, 2.45) is 11.3 Å². The summed E-state index contributed by atoms with van der Waals surface area (Å²) in [7, 11) is 0. The van der Waals surface area contributed by atoms with Gasteiger partial charge in [0, 0.05) is 24.9 Å². The minimum atomic E-state index is -0.855. The molecule has 1 fully saturated rings. The Morgan fingerprint density at radius 1 is 0.971 bits per heavy atom. The van der Waals surface area contributed by atoms with Crippen molar-refractivity contribution in [3.63, 3.8) is 0 Å². The minimum absolute atomic E-state index is 0.00962. The summed E-state index contributed by atoms with van der Waals surface area (Å²) in [5.41, 5.74) is 4.14. The quantitative estimate of drug-likeness (QED) is 0.510. The van der Waals surface area contributed by atoms with Gasteiger partial charge in [0.25, 0.3) is 0 Å². The molecule has 0 aromatic heterocycles. The first kappa shape index (κ1) is 24.8. The minimum Gasteiger partial charge on any atom is -0.481 e. The van der Waals surface area contributed by atoms with Gasteiger partial charge in [-0.05, 0) is 40.5 Å². The summed E-state index contributed by atoms with van der Waals surface area (Å²) in [6, 6.07) is 16.0. The van der Waals surface area contributed by atoms with Gasteiger partial charge >= 0.3 is 12.1 Å². The van der Waals surface area contributed by atoms with Crippen LogP contribution in [0.1, 0.15) is 63.0 Å². The highest BCUT2D eigenvalue weighted by molar-refractivity contribution is 5.80. The Morgan fingerprint density at radius 2 is 1.57 bits per heavy atom. The predicted molar refractivity (Wildman–Crippen MR) is 133 cm³/mol. The lowest BCUT2D eigenvalue weighted by molar-refractivity contribution is -0.144. The molecule has 2 amide bonds. The number of nitrogens with one attached hydrogen (secondary N) is 2. The Morgan fingerprint density at radius 3 is 2.20 bits per heavy atom. The van der Waals surface area contributed by atoms with E-state index < -0.39 is 23.4 Å². The average Bonchev–Trinajstić information content (AvgIpc) is 3.15. The molecule has 0 spiro atoms. The Labute approximate surface area is 206 Å². The van der Waals surface area contributed by atoms with Crippen LogP contribution in [0.15, 0.2) is 48.5 Å². The molecule has 0 bridgehead atoms. The van der Waals surface area contributed by atoms with Gasteiger partial charge in [0.1, 0.15) is 6.61 Å². The van der Waals surface area contributed by atoms with Crippen molar-refractivity contribution in [2.45, 2.75) is 57.9 Å². The Balaban J connectivity index is 1.27. The molecule has 2 aliphatic rings. The second-order valence-electron chi connectivity index (χ2n) is 10.4. The molecule has 4 rings (SSSR count). The average molecular weight is 479 g/mol. The van der Waals surface area contributed by atoms with E-state index in [1.165, 1.54) is 11.1 Å². The van der Waals surface area contributed by atoms with Crippen molar-refractivity contribution in [3.05, 3.63) is 59.7 Å². The normalized spacial score (nSPS) is 19.4. The number of fused-ring (bicyclic) bond motifs is 3. The highest BCUT2D eigenvalue weighted by Crippen LogP contribution is 2.44. The maximum atomic E-state index is 12.6. The number of carboxylic acids is 1. The summed E-state index contributed by atoms with van der Waals surface area (Å²) in [6.45, 7) is 4.29. The molecular weight excluding hydrogens is 444 g/mol. The van der Waals surface area contributed by atoms with Gasteiger partial charge in [-0.15, -0.1) is 0 Å². The molecule has 0 radical (unpaired) electrons. The molecule has 2 aromatic carbocycles. The molecule has 186 valence electrons. The molecular formula is C28H34N2O5. The van der Waals surface area contributed by atoms with Gasteiger partial charge in [-0.2, -0.15) is 0 Å². The Kier molecular flexibility index (Phi) is 7.43. The molecule has 0 aliphatic heterocycles. The summed E-state index contributed by atoms with van der Waals surface area (Å²) in [5, 5.41) is 15.1. The van der Waals surface area contributed by atoms with Gasteiger partial charge in [-0.25, -0.2) is 4.79 Å². The highest BCUT2D eigenvalue weighted by Gasteiger charge is 2.33. The van der Waals surface area contributed by atoms with Crippen molar-refractivity contribution >= 4 is 18.0 Å². The first-order chi connectivity index (χ1) is 16.7. The molecule has 3 N–H and O–H groups in total. The van der Waals surface area contributed by atoms with Crippen LogP contribution in [-0.2, 0) is 14.3 Å². The van der Waals surface area contributed by atoms with Crippen LogP contribution < -0.4 is 10.6 Å². The van der Waals surface area contributed by atoms with E-state index in [0.717, 1.165) is 24.0 Å². The van der Waals surface area contributed by atoms with Crippen molar-refractivity contribution in [1.82, 2.24) is 10.6 Å². The van der Waals surface area contributed by atoms with Gasteiger partial charge in [-0.3, -0.25) is 9.59 Å². The number of rotatable bonds is 8. The molecule has 35 heavy (non-hydrogen) atoms. The fourth-order valence-corrected chi connectivity index (χ4v) is 5.32. The van der Waals surface area contributed by atoms with Crippen LogP contribution in [0.5, 0.6) is 0 Å². The van der Waals surface area contributed by atoms with E-state index >= 15 is 0 Å². The molecule has 2 aromatic rings. The van der Waals surface area contributed by atoms with Crippen molar-refractivity contribution < 1.29 is 24.2 Å². The van der Waals surface area contributed by atoms with E-state index in [1.807, 2.05) is 38.1 Å². The number of carboxylic acid groups (broad SMARTS) is 1. The summed E-state index contributed by atoms with van der Waals surface area (Å²) >= 11 is 0. The zero-order chi connectivity index (χ0) is 25.0. The van der Waals surface area contributed by atoms with Gasteiger partial charge in [-0.1, -0.05) is 75.2 Å². The van der Waals surface area contributed by atoms with E-state index in [4.69, 9.17) is 4.74 Å². The van der Waals surface area contributed by atoms with Gasteiger partial charge < -0.3 is 20.5 Å². The van der Waals surface area contributed by atoms with E-state index in [9.17, 15) is 19.5 Å². The van der Waals surface area contributed by atoms with Crippen LogP contribution in [0.2, 0.25) is 0 Å². The lowest BCUT2D eigenvalue weighted by atomic mass is 9.83. The largest absolute Gasteiger partial charge is 0.481 e. The predicted octanol–water partition coefficient (Wildman–Crippen LogP) is 4.70. The molecule has 2 aliphatic carbocycles. The van der Waals surface area contributed by atoms with Gasteiger partial charge in [0.05, 0.1) is 5.92 Å². The van der Waals surface area contributed by atoms with E-state index in [-0.39, 0.29) is 37.4 Å². The van der Waals surface area contributed by atoms with Crippen LogP contribution in [-0.4, -0.2) is 42.3 Å². The monoisotopic (exact) mass is 478 g/mol. The highest BCUT2D eigenvalue weighted by atomic mass is 16.5. The maximum absolute atomic E-state index is 12.6. The summed E-state index contributed by atoms with van der Waals surface area (Å²) in [6.07, 6.45) is 2.73. The number of amides is 2. The number of benzene rings is 2. The summed E-state index contributed by atoms with van der Waals surface area (Å²) in [4.78, 5) is 36.6. The smallest absolute Gasteiger partial charge is 0.407 e. The van der Waals surface area contributed by atoms with Crippen LogP contribution in [0, 0.1) is 11.3 Å². The molecule has 2 atom stereocenters. The molecule has 0 heterocycles. The summed E-state index contributed by atoms with van der Waals surface area (Å²) < 4.78 is 5.59. The second kappa shape index (κ2) is 10.5. The lowest BCUT2D eigenvalue weighted by Gasteiger charge is -2.31. The number of hydrogen-bond donors (Lipinski definition) is 3. The third-order valence-corrected chi connectivity index (χ3v) is 7.12. The van der Waals surface area contributed by atoms with E-state index in [2.05, 4.69) is 34.9 Å². The number of carbonyl (C=O) groups excluding carboxylic acids is 2. The van der Waals surface area contributed by atoms with Crippen LogP contribution >= 0.6 is 0 Å². The number of ether oxygens (including phenoxy) is 1. The lowest BCUT2D eigenvalue weighted by Crippen LogP contribution is -2.47. The number of carbonyl (C=O) groups is 3. The van der Waals surface area contributed by atoms with Crippen molar-refractivity contribution in [3.8, 4) is 11.1 Å². The molecule has 0 unspecified atom stereocenters. The summed E-state index contributed by atoms with van der Waals surface area (Å²) in [5.74, 6) is -1.59. The van der Waals surface area contributed by atoms with Crippen molar-refractivity contribution in [1.29, 1.82) is 0 Å². The zero-order valence-electron chi connectivity index (χ0n) is 20.4. The third kappa shape index (κ3) is 5.84.